The highest BCUT2D eigenvalue weighted by atomic mass is 35.5. The molecule has 5 nitrogen and oxygen atoms in total. The summed E-state index contributed by atoms with van der Waals surface area (Å²) in [4.78, 5) is 2.47. The maximum absolute atomic E-state index is 5.87. The maximum Gasteiger partial charge on any atom is 0.0826 e. The number of benzene rings is 1. The first-order valence-corrected chi connectivity index (χ1v) is 7.88. The molecule has 1 aliphatic heterocycles. The number of ether oxygens (including phenoxy) is 1. The molecule has 1 unspecified atom stereocenters. The van der Waals surface area contributed by atoms with Crippen LogP contribution in [0.15, 0.2) is 36.5 Å². The van der Waals surface area contributed by atoms with Gasteiger partial charge in [0.25, 0.3) is 0 Å². The van der Waals surface area contributed by atoms with Gasteiger partial charge in [0.05, 0.1) is 18.9 Å². The summed E-state index contributed by atoms with van der Waals surface area (Å²) in [5.41, 5.74) is 3.71. The Labute approximate surface area is 143 Å². The Morgan fingerprint density at radius 2 is 2.17 bits per heavy atom. The van der Waals surface area contributed by atoms with Gasteiger partial charge in [0.1, 0.15) is 0 Å². The summed E-state index contributed by atoms with van der Waals surface area (Å²) in [5.74, 6) is 0. The topological polar surface area (TPSA) is 53.2 Å². The molecular weight excluding hydrogens is 312 g/mol. The van der Waals surface area contributed by atoms with Gasteiger partial charge in [-0.05, 0) is 12.5 Å². The van der Waals surface area contributed by atoms with E-state index in [1.54, 1.807) is 0 Å². The highest BCUT2D eigenvalue weighted by molar-refractivity contribution is 5.85. The molecule has 6 heteroatoms. The average molecular weight is 337 g/mol. The fraction of sp³-hybridized carbons (Fsp3) is 0.471. The third kappa shape index (κ3) is 5.32. The second-order valence-corrected chi connectivity index (χ2v) is 5.86. The summed E-state index contributed by atoms with van der Waals surface area (Å²) < 4.78 is 5.87. The number of halogens is 1. The van der Waals surface area contributed by atoms with Gasteiger partial charge in [-0.1, -0.05) is 30.3 Å². The molecule has 0 bridgehead atoms. The van der Waals surface area contributed by atoms with Crippen molar-refractivity contribution in [3.63, 3.8) is 0 Å². The van der Waals surface area contributed by atoms with Gasteiger partial charge in [0.15, 0.2) is 0 Å². The van der Waals surface area contributed by atoms with Crippen LogP contribution in [0.1, 0.15) is 16.8 Å². The van der Waals surface area contributed by atoms with Crippen molar-refractivity contribution in [2.75, 3.05) is 26.2 Å². The van der Waals surface area contributed by atoms with Crippen molar-refractivity contribution in [3.8, 4) is 0 Å². The molecule has 23 heavy (non-hydrogen) atoms. The van der Waals surface area contributed by atoms with Crippen molar-refractivity contribution in [2.24, 2.45) is 0 Å². The molecule has 1 aliphatic rings. The second-order valence-electron chi connectivity index (χ2n) is 5.86. The molecular formula is C17H25ClN4O. The molecule has 0 radical (unpaired) electrons. The lowest BCUT2D eigenvalue weighted by molar-refractivity contribution is -0.0300. The smallest absolute Gasteiger partial charge is 0.0826 e. The Kier molecular flexibility index (Phi) is 7.05. The van der Waals surface area contributed by atoms with Crippen LogP contribution in [0.25, 0.3) is 0 Å². The van der Waals surface area contributed by atoms with E-state index < -0.39 is 0 Å². The van der Waals surface area contributed by atoms with E-state index in [1.807, 2.05) is 13.1 Å². The van der Waals surface area contributed by atoms with Crippen LogP contribution in [0, 0.1) is 6.92 Å². The maximum atomic E-state index is 5.87. The molecule has 1 atom stereocenters. The van der Waals surface area contributed by atoms with E-state index in [4.69, 9.17) is 4.74 Å². The van der Waals surface area contributed by atoms with Crippen molar-refractivity contribution in [3.05, 3.63) is 53.3 Å². The normalized spacial score (nSPS) is 18.6. The number of aryl methyl sites for hydroxylation is 1. The number of aromatic amines is 1. The van der Waals surface area contributed by atoms with Crippen LogP contribution in [-0.2, 0) is 17.8 Å². The van der Waals surface area contributed by atoms with Gasteiger partial charge >= 0.3 is 0 Å². The Balaban J connectivity index is 0.00000192. The van der Waals surface area contributed by atoms with Gasteiger partial charge < -0.3 is 10.1 Å². The molecule has 2 N–H and O–H groups in total. The third-order valence-electron chi connectivity index (χ3n) is 4.09. The van der Waals surface area contributed by atoms with Gasteiger partial charge in [-0.15, -0.1) is 12.4 Å². The van der Waals surface area contributed by atoms with Crippen LogP contribution in [-0.4, -0.2) is 47.4 Å². The van der Waals surface area contributed by atoms with E-state index in [0.29, 0.717) is 0 Å². The van der Waals surface area contributed by atoms with Crippen LogP contribution in [0.5, 0.6) is 0 Å². The average Bonchev–Trinajstić information content (AvgIpc) is 2.94. The lowest BCUT2D eigenvalue weighted by Crippen LogP contribution is -2.46. The monoisotopic (exact) mass is 336 g/mol. The fourth-order valence-electron chi connectivity index (χ4n) is 2.81. The largest absolute Gasteiger partial charge is 0.374 e. The van der Waals surface area contributed by atoms with E-state index >= 15 is 0 Å². The first kappa shape index (κ1) is 17.9. The molecule has 2 aromatic rings. The van der Waals surface area contributed by atoms with E-state index in [1.165, 1.54) is 11.1 Å². The summed E-state index contributed by atoms with van der Waals surface area (Å²) in [6.45, 7) is 7.55. The zero-order valence-electron chi connectivity index (χ0n) is 13.5. The molecule has 0 amide bonds. The molecule has 1 aromatic carbocycles. The van der Waals surface area contributed by atoms with Gasteiger partial charge in [-0.3, -0.25) is 10.00 Å². The number of aromatic nitrogens is 2. The Hall–Kier alpha value is -1.40. The van der Waals surface area contributed by atoms with Crippen LogP contribution >= 0.6 is 12.4 Å². The van der Waals surface area contributed by atoms with Crippen molar-refractivity contribution >= 4 is 12.4 Å². The third-order valence-corrected chi connectivity index (χ3v) is 4.09. The van der Waals surface area contributed by atoms with Crippen molar-refractivity contribution < 1.29 is 4.74 Å². The summed E-state index contributed by atoms with van der Waals surface area (Å²) >= 11 is 0. The van der Waals surface area contributed by atoms with Crippen molar-refractivity contribution in [1.29, 1.82) is 0 Å². The molecule has 0 spiro atoms. The predicted octanol–water partition coefficient (Wildman–Crippen LogP) is 2.13. The van der Waals surface area contributed by atoms with Gasteiger partial charge in [0, 0.05) is 44.0 Å². The molecule has 1 saturated heterocycles. The number of H-pyrrole nitrogens is 1. The number of hydrogen-bond acceptors (Lipinski definition) is 4. The molecule has 0 aliphatic carbocycles. The number of morpholine rings is 1. The first-order chi connectivity index (χ1) is 10.8. The van der Waals surface area contributed by atoms with Crippen molar-refractivity contribution in [2.45, 2.75) is 26.1 Å². The number of hydrogen-bond donors (Lipinski definition) is 2. The molecule has 3 rings (SSSR count). The summed E-state index contributed by atoms with van der Waals surface area (Å²) in [6.07, 6.45) is 2.14. The minimum absolute atomic E-state index is 0. The Bertz CT molecular complexity index is 575. The van der Waals surface area contributed by atoms with Crippen LogP contribution in [0.4, 0.5) is 0 Å². The number of nitrogens with zero attached hydrogens (tertiary/aromatic N) is 2. The minimum Gasteiger partial charge on any atom is -0.374 e. The molecule has 1 aromatic heterocycles. The van der Waals surface area contributed by atoms with E-state index in [-0.39, 0.29) is 18.5 Å². The molecule has 126 valence electrons. The summed E-state index contributed by atoms with van der Waals surface area (Å²) in [5, 5.41) is 10.5. The number of rotatable bonds is 6. The van der Waals surface area contributed by atoms with Crippen LogP contribution in [0.2, 0.25) is 0 Å². The summed E-state index contributed by atoms with van der Waals surface area (Å²) in [7, 11) is 0. The van der Waals surface area contributed by atoms with E-state index in [2.05, 4.69) is 50.7 Å². The van der Waals surface area contributed by atoms with Gasteiger partial charge in [0.2, 0.25) is 0 Å². The Morgan fingerprint density at radius 3 is 2.91 bits per heavy atom. The lowest BCUT2D eigenvalue weighted by atomic mass is 10.2. The second kappa shape index (κ2) is 9.03. The SMILES string of the molecule is Cc1[nH]ncc1CNCC1CN(Cc2ccccc2)CCO1.Cl. The molecule has 2 heterocycles. The van der Waals surface area contributed by atoms with E-state index in [9.17, 15) is 0 Å². The highest BCUT2D eigenvalue weighted by Gasteiger charge is 2.20. The Morgan fingerprint density at radius 1 is 1.35 bits per heavy atom. The summed E-state index contributed by atoms with van der Waals surface area (Å²) in [6, 6.07) is 10.6. The molecule has 1 fully saturated rings. The van der Waals surface area contributed by atoms with E-state index in [0.717, 1.165) is 45.0 Å². The zero-order valence-corrected chi connectivity index (χ0v) is 14.3. The predicted molar refractivity (Wildman–Crippen MR) is 93.7 cm³/mol. The van der Waals surface area contributed by atoms with Crippen LogP contribution in [0.3, 0.4) is 0 Å². The number of nitrogens with one attached hydrogen (secondary N) is 2. The quantitative estimate of drug-likeness (QED) is 0.848. The van der Waals surface area contributed by atoms with Gasteiger partial charge in [-0.2, -0.15) is 5.10 Å². The molecule has 0 saturated carbocycles. The minimum atomic E-state index is 0. The lowest BCUT2D eigenvalue weighted by Gasteiger charge is -2.33. The fourth-order valence-corrected chi connectivity index (χ4v) is 2.81. The van der Waals surface area contributed by atoms with Crippen molar-refractivity contribution in [1.82, 2.24) is 20.4 Å². The standard InChI is InChI=1S/C17H24N4O.ClH/c1-14-16(10-19-20-14)9-18-11-17-13-21(7-8-22-17)12-15-5-3-2-4-6-15;/h2-6,10,17-18H,7-9,11-13H2,1H3,(H,19,20);1H. The van der Waals surface area contributed by atoms with Crippen LogP contribution < -0.4 is 5.32 Å². The zero-order chi connectivity index (χ0) is 15.2. The van der Waals surface area contributed by atoms with Gasteiger partial charge in [-0.25, -0.2) is 0 Å². The first-order valence-electron chi connectivity index (χ1n) is 7.88. The highest BCUT2D eigenvalue weighted by Crippen LogP contribution is 2.10.